The van der Waals surface area contributed by atoms with Gasteiger partial charge >= 0.3 is 5.97 Å². The first kappa shape index (κ1) is 20.7. The molecule has 0 spiro atoms. The molecule has 2 N–H and O–H groups in total. The zero-order valence-corrected chi connectivity index (χ0v) is 16.7. The zero-order valence-electron chi connectivity index (χ0n) is 15.8. The first-order valence-electron chi connectivity index (χ1n) is 8.14. The molecule has 0 aliphatic carbocycles. The van der Waals surface area contributed by atoms with Gasteiger partial charge in [-0.2, -0.15) is 0 Å². The Morgan fingerprint density at radius 2 is 1.67 bits per heavy atom. The van der Waals surface area contributed by atoms with Gasteiger partial charge in [-0.3, -0.25) is 4.79 Å². The maximum atomic E-state index is 12.6. The number of rotatable bonds is 6. The Morgan fingerprint density at radius 1 is 1.11 bits per heavy atom. The van der Waals surface area contributed by atoms with Crippen LogP contribution in [0.2, 0.25) is 0 Å². The molecule has 0 aliphatic heterocycles. The minimum absolute atomic E-state index is 0.0431. The van der Waals surface area contributed by atoms with Crippen LogP contribution in [0.1, 0.15) is 33.2 Å². The van der Waals surface area contributed by atoms with E-state index in [9.17, 15) is 23.1 Å². The van der Waals surface area contributed by atoms with Gasteiger partial charge in [-0.05, 0) is 25.5 Å². The predicted molar refractivity (Wildman–Crippen MR) is 100 cm³/mol. The molecular weight excluding hydrogens is 370 g/mol. The molecule has 0 radical (unpaired) electrons. The number of hydrogen-bond donors (Lipinski definition) is 2. The molecule has 2 rings (SSSR count). The van der Waals surface area contributed by atoms with Crippen molar-refractivity contribution in [1.29, 1.82) is 0 Å². The van der Waals surface area contributed by atoms with Gasteiger partial charge in [-0.1, -0.05) is 29.3 Å². The van der Waals surface area contributed by atoms with Crippen LogP contribution >= 0.6 is 0 Å². The molecule has 27 heavy (non-hydrogen) atoms. The molecule has 0 saturated carbocycles. The lowest BCUT2D eigenvalue weighted by Crippen LogP contribution is -2.34. The number of hydrogen-bond acceptors (Lipinski definition) is 4. The third-order valence-electron chi connectivity index (χ3n) is 4.09. The van der Waals surface area contributed by atoms with Crippen molar-refractivity contribution < 1.29 is 23.1 Å². The van der Waals surface area contributed by atoms with E-state index < -0.39 is 27.9 Å². The lowest BCUT2D eigenvalue weighted by atomic mass is 10.0. The van der Waals surface area contributed by atoms with E-state index >= 15 is 0 Å². The molecule has 2 aromatic rings. The largest absolute Gasteiger partial charge is 0.479 e. The Kier molecular flexibility index (Phi) is 5.76. The number of benzene rings is 1. The number of carbonyl (C=O) groups excluding carboxylic acids is 1. The van der Waals surface area contributed by atoms with Gasteiger partial charge in [-0.15, -0.1) is 0 Å². The van der Waals surface area contributed by atoms with E-state index in [0.717, 1.165) is 15.4 Å². The van der Waals surface area contributed by atoms with Crippen LogP contribution in [0.3, 0.4) is 0 Å². The standard InChI is InChI=1S/C18H23N3O5S/c1-11-6-12(2)8-13(7-11)16(18(23)24)19-17(22)15-9-14(10-21(15)5)27(25,26)20(3)4/h6-10,16H,1-5H3,(H,19,22)(H,23,24). The van der Waals surface area contributed by atoms with Crippen molar-refractivity contribution in [2.75, 3.05) is 14.1 Å². The summed E-state index contributed by atoms with van der Waals surface area (Å²) in [5.74, 6) is -1.88. The summed E-state index contributed by atoms with van der Waals surface area (Å²) in [6, 6.07) is 5.27. The van der Waals surface area contributed by atoms with Crippen molar-refractivity contribution in [3.8, 4) is 0 Å². The molecular formula is C18H23N3O5S. The monoisotopic (exact) mass is 393 g/mol. The SMILES string of the molecule is Cc1cc(C)cc(C(NC(=O)c2cc(S(=O)(=O)N(C)C)cn2C)C(=O)O)c1. The van der Waals surface area contributed by atoms with E-state index in [1.54, 1.807) is 12.1 Å². The Morgan fingerprint density at radius 3 is 2.15 bits per heavy atom. The van der Waals surface area contributed by atoms with Crippen molar-refractivity contribution in [3.63, 3.8) is 0 Å². The number of sulfonamides is 1. The van der Waals surface area contributed by atoms with Gasteiger partial charge in [0, 0.05) is 27.3 Å². The molecule has 1 aromatic carbocycles. The highest BCUT2D eigenvalue weighted by Gasteiger charge is 2.27. The smallest absolute Gasteiger partial charge is 0.330 e. The summed E-state index contributed by atoms with van der Waals surface area (Å²) in [6.45, 7) is 3.68. The second-order valence-electron chi connectivity index (χ2n) is 6.63. The first-order valence-corrected chi connectivity index (χ1v) is 9.58. The zero-order chi connectivity index (χ0) is 20.5. The van der Waals surface area contributed by atoms with E-state index in [1.165, 1.54) is 38.0 Å². The number of carbonyl (C=O) groups is 2. The number of aryl methyl sites for hydroxylation is 3. The van der Waals surface area contributed by atoms with Crippen LogP contribution in [0.5, 0.6) is 0 Å². The van der Waals surface area contributed by atoms with Crippen LogP contribution in [0, 0.1) is 13.8 Å². The summed E-state index contributed by atoms with van der Waals surface area (Å²) in [5, 5.41) is 12.0. The maximum Gasteiger partial charge on any atom is 0.330 e. The minimum Gasteiger partial charge on any atom is -0.479 e. The van der Waals surface area contributed by atoms with Crippen molar-refractivity contribution >= 4 is 21.9 Å². The lowest BCUT2D eigenvalue weighted by molar-refractivity contribution is -0.139. The Labute approximate surface area is 158 Å². The Bertz CT molecular complexity index is 972. The molecule has 1 unspecified atom stereocenters. The fourth-order valence-electron chi connectivity index (χ4n) is 2.78. The molecule has 8 nitrogen and oxygen atoms in total. The highest BCUT2D eigenvalue weighted by atomic mass is 32.2. The van der Waals surface area contributed by atoms with Crippen LogP contribution in [-0.4, -0.2) is 48.4 Å². The van der Waals surface area contributed by atoms with E-state index in [4.69, 9.17) is 0 Å². The van der Waals surface area contributed by atoms with Gasteiger partial charge in [0.2, 0.25) is 10.0 Å². The molecule has 146 valence electrons. The fourth-order valence-corrected chi connectivity index (χ4v) is 3.75. The molecule has 1 atom stereocenters. The van der Waals surface area contributed by atoms with Crippen molar-refractivity contribution in [3.05, 3.63) is 52.8 Å². The van der Waals surface area contributed by atoms with E-state index in [-0.39, 0.29) is 10.6 Å². The third kappa shape index (κ3) is 4.37. The predicted octanol–water partition coefficient (Wildman–Crippen LogP) is 1.45. The van der Waals surface area contributed by atoms with E-state index in [1.807, 2.05) is 19.9 Å². The molecule has 0 bridgehead atoms. The first-order chi connectivity index (χ1) is 12.4. The summed E-state index contributed by atoms with van der Waals surface area (Å²) in [7, 11) is 0.603. The lowest BCUT2D eigenvalue weighted by Gasteiger charge is -2.16. The van der Waals surface area contributed by atoms with Crippen molar-refractivity contribution in [2.24, 2.45) is 7.05 Å². The summed E-state index contributed by atoms with van der Waals surface area (Å²) < 4.78 is 26.9. The molecule has 1 heterocycles. The molecule has 1 aromatic heterocycles. The van der Waals surface area contributed by atoms with Crippen LogP contribution in [0.15, 0.2) is 35.4 Å². The second kappa shape index (κ2) is 7.53. The van der Waals surface area contributed by atoms with Gasteiger partial charge in [0.25, 0.3) is 5.91 Å². The average Bonchev–Trinajstić information content (AvgIpc) is 2.93. The van der Waals surface area contributed by atoms with Crippen molar-refractivity contribution in [1.82, 2.24) is 14.2 Å². The number of carboxylic acids is 1. The average molecular weight is 393 g/mol. The quantitative estimate of drug-likeness (QED) is 0.772. The second-order valence-corrected chi connectivity index (χ2v) is 8.78. The van der Waals surface area contributed by atoms with Crippen LogP contribution in [-0.2, 0) is 21.9 Å². The highest BCUT2D eigenvalue weighted by Crippen LogP contribution is 2.20. The minimum atomic E-state index is -3.70. The van der Waals surface area contributed by atoms with Gasteiger partial charge in [0.05, 0.1) is 0 Å². The highest BCUT2D eigenvalue weighted by molar-refractivity contribution is 7.89. The molecule has 0 aliphatic rings. The Hall–Kier alpha value is -2.65. The molecule has 0 fully saturated rings. The number of carboxylic acid groups (broad SMARTS) is 1. The number of aromatic nitrogens is 1. The van der Waals surface area contributed by atoms with Gasteiger partial charge in [0.15, 0.2) is 6.04 Å². The normalized spacial score (nSPS) is 12.8. The van der Waals surface area contributed by atoms with Gasteiger partial charge < -0.3 is 15.0 Å². The van der Waals surface area contributed by atoms with Gasteiger partial charge in [-0.25, -0.2) is 17.5 Å². The Balaban J connectivity index is 2.37. The van der Waals surface area contributed by atoms with E-state index in [2.05, 4.69) is 5.32 Å². The number of nitrogens with zero attached hydrogens (tertiary/aromatic N) is 2. The number of nitrogens with one attached hydrogen (secondary N) is 1. The van der Waals surface area contributed by atoms with Crippen LogP contribution in [0.25, 0.3) is 0 Å². The number of amides is 1. The maximum absolute atomic E-state index is 12.6. The van der Waals surface area contributed by atoms with Crippen molar-refractivity contribution in [2.45, 2.75) is 24.8 Å². The third-order valence-corrected chi connectivity index (χ3v) is 5.87. The summed E-state index contributed by atoms with van der Waals surface area (Å²) in [5.41, 5.74) is 2.25. The number of aliphatic carboxylic acids is 1. The molecule has 9 heteroatoms. The summed E-state index contributed by atoms with van der Waals surface area (Å²) >= 11 is 0. The van der Waals surface area contributed by atoms with Crippen LogP contribution in [0.4, 0.5) is 0 Å². The molecule has 0 saturated heterocycles. The molecule has 1 amide bonds. The fraction of sp³-hybridized carbons (Fsp3) is 0.333. The summed E-state index contributed by atoms with van der Waals surface area (Å²) in [6.07, 6.45) is 1.32. The van der Waals surface area contributed by atoms with E-state index in [0.29, 0.717) is 5.56 Å². The topological polar surface area (TPSA) is 109 Å². The summed E-state index contributed by atoms with van der Waals surface area (Å²) in [4.78, 5) is 24.3. The van der Waals surface area contributed by atoms with Crippen LogP contribution < -0.4 is 5.32 Å². The van der Waals surface area contributed by atoms with Gasteiger partial charge in [0.1, 0.15) is 10.6 Å².